The molecule has 0 aliphatic carbocycles. The molecule has 0 saturated carbocycles. The van der Waals surface area contributed by atoms with Crippen molar-refractivity contribution >= 4 is 64.4 Å². The first-order valence-electron chi connectivity index (χ1n) is 11.8. The highest BCUT2D eigenvalue weighted by Crippen LogP contribution is 2.38. The van der Waals surface area contributed by atoms with E-state index < -0.39 is 17.8 Å². The number of barbiturate groups is 1. The van der Waals surface area contributed by atoms with Gasteiger partial charge in [-0.3, -0.25) is 14.9 Å². The highest BCUT2D eigenvalue weighted by Gasteiger charge is 2.37. The predicted octanol–water partition coefficient (Wildman–Crippen LogP) is 6.85. The largest absolute Gasteiger partial charge is 0.490 e. The molecule has 1 aliphatic heterocycles. The number of para-hydroxylation sites is 1. The summed E-state index contributed by atoms with van der Waals surface area (Å²) in [6, 6.07) is 14.5. The van der Waals surface area contributed by atoms with Gasteiger partial charge >= 0.3 is 6.03 Å². The molecule has 1 heterocycles. The Morgan fingerprint density at radius 2 is 1.66 bits per heavy atom. The van der Waals surface area contributed by atoms with Gasteiger partial charge in [0.05, 0.1) is 27.4 Å². The van der Waals surface area contributed by atoms with Crippen molar-refractivity contribution in [2.24, 2.45) is 0 Å². The van der Waals surface area contributed by atoms with Crippen LogP contribution < -0.4 is 19.7 Å². The van der Waals surface area contributed by atoms with Crippen LogP contribution in [0.2, 0.25) is 15.1 Å². The fourth-order valence-corrected chi connectivity index (χ4v) is 4.52. The Kier molecular flexibility index (Phi) is 8.62. The normalized spacial score (nSPS) is 14.6. The summed E-state index contributed by atoms with van der Waals surface area (Å²) in [6.45, 7) is 4.17. The van der Waals surface area contributed by atoms with Gasteiger partial charge in [-0.25, -0.2) is 9.69 Å². The van der Waals surface area contributed by atoms with Gasteiger partial charge in [0.2, 0.25) is 0 Å². The maximum absolute atomic E-state index is 13.4. The van der Waals surface area contributed by atoms with Gasteiger partial charge in [-0.05, 0) is 66.4 Å². The van der Waals surface area contributed by atoms with E-state index in [-0.39, 0.29) is 23.0 Å². The number of halogens is 3. The number of imide groups is 2. The van der Waals surface area contributed by atoms with Crippen LogP contribution in [0.1, 0.15) is 30.5 Å². The molecule has 4 amide bonds. The van der Waals surface area contributed by atoms with Crippen molar-refractivity contribution in [1.82, 2.24) is 5.32 Å². The summed E-state index contributed by atoms with van der Waals surface area (Å²) in [4.78, 5) is 39.6. The standard InChI is InChI=1S/C28H23Cl3N2O5/c1-3-18-7-5-6-8-23(18)33-27(35)19(26(34)32-28(33)36)11-17-13-22(31)25(24(14-17)37-4-2)38-15-16-9-10-20(29)21(30)12-16/h5-14H,3-4,15H2,1-2H3,(H,32,34,36)/b19-11-. The summed E-state index contributed by atoms with van der Waals surface area (Å²) < 4.78 is 11.7. The maximum Gasteiger partial charge on any atom is 0.335 e. The number of hydrogen-bond acceptors (Lipinski definition) is 5. The number of nitrogens with zero attached hydrogens (tertiary/aromatic N) is 1. The molecule has 1 saturated heterocycles. The van der Waals surface area contributed by atoms with Crippen LogP contribution in [0.25, 0.3) is 6.08 Å². The second kappa shape index (κ2) is 11.9. The molecule has 0 bridgehead atoms. The molecule has 1 fully saturated rings. The Morgan fingerprint density at radius 1 is 0.895 bits per heavy atom. The van der Waals surface area contributed by atoms with E-state index in [0.717, 1.165) is 16.0 Å². The molecule has 196 valence electrons. The van der Waals surface area contributed by atoms with Gasteiger partial charge in [0.15, 0.2) is 11.5 Å². The Balaban J connectivity index is 1.67. The molecule has 0 radical (unpaired) electrons. The van der Waals surface area contributed by atoms with Gasteiger partial charge < -0.3 is 9.47 Å². The summed E-state index contributed by atoms with van der Waals surface area (Å²) in [5.41, 5.74) is 2.16. The Bertz CT molecular complexity index is 1450. The highest BCUT2D eigenvalue weighted by molar-refractivity contribution is 6.42. The Hall–Kier alpha value is -3.52. The van der Waals surface area contributed by atoms with Crippen LogP contribution in [0.3, 0.4) is 0 Å². The fourth-order valence-electron chi connectivity index (χ4n) is 3.93. The van der Waals surface area contributed by atoms with Gasteiger partial charge in [0, 0.05) is 0 Å². The monoisotopic (exact) mass is 572 g/mol. The van der Waals surface area contributed by atoms with Crippen LogP contribution in [0.4, 0.5) is 10.5 Å². The van der Waals surface area contributed by atoms with Gasteiger partial charge in [-0.15, -0.1) is 0 Å². The number of carbonyl (C=O) groups is 3. The summed E-state index contributed by atoms with van der Waals surface area (Å²) in [7, 11) is 0. The van der Waals surface area contributed by atoms with Crippen LogP contribution >= 0.6 is 34.8 Å². The van der Waals surface area contributed by atoms with E-state index in [2.05, 4.69) is 5.32 Å². The first-order valence-corrected chi connectivity index (χ1v) is 12.9. The molecule has 1 N–H and O–H groups in total. The maximum atomic E-state index is 13.4. The van der Waals surface area contributed by atoms with Gasteiger partial charge in [0.1, 0.15) is 12.2 Å². The van der Waals surface area contributed by atoms with Crippen molar-refractivity contribution in [2.75, 3.05) is 11.5 Å². The molecule has 4 rings (SSSR count). The van der Waals surface area contributed by atoms with Gasteiger partial charge in [-0.1, -0.05) is 66.0 Å². The van der Waals surface area contributed by atoms with Crippen LogP contribution in [-0.2, 0) is 22.6 Å². The molecule has 0 atom stereocenters. The van der Waals surface area contributed by atoms with Gasteiger partial charge in [0.25, 0.3) is 11.8 Å². The molecule has 3 aromatic carbocycles. The zero-order chi connectivity index (χ0) is 27.4. The number of rotatable bonds is 8. The van der Waals surface area contributed by atoms with Crippen molar-refractivity contribution in [2.45, 2.75) is 26.9 Å². The molecule has 1 aliphatic rings. The van der Waals surface area contributed by atoms with Gasteiger partial charge in [-0.2, -0.15) is 0 Å². The lowest BCUT2D eigenvalue weighted by Gasteiger charge is -2.28. The lowest BCUT2D eigenvalue weighted by molar-refractivity contribution is -0.122. The van der Waals surface area contributed by atoms with Crippen LogP contribution in [0, 0.1) is 0 Å². The summed E-state index contributed by atoms with van der Waals surface area (Å²) >= 11 is 18.6. The van der Waals surface area contributed by atoms with Crippen molar-refractivity contribution in [1.29, 1.82) is 0 Å². The second-order valence-electron chi connectivity index (χ2n) is 8.24. The molecular weight excluding hydrogens is 551 g/mol. The van der Waals surface area contributed by atoms with Crippen LogP contribution in [0.5, 0.6) is 11.5 Å². The third kappa shape index (κ3) is 5.80. The first kappa shape index (κ1) is 27.5. The number of carbonyl (C=O) groups excluding carboxylic acids is 3. The van der Waals surface area contributed by atoms with E-state index in [1.807, 2.05) is 19.1 Å². The van der Waals surface area contributed by atoms with E-state index in [1.54, 1.807) is 49.4 Å². The average Bonchev–Trinajstić information content (AvgIpc) is 2.88. The molecule has 0 unspecified atom stereocenters. The van der Waals surface area contributed by atoms with E-state index in [0.29, 0.717) is 40.1 Å². The third-order valence-corrected chi connectivity index (χ3v) is 6.74. The minimum Gasteiger partial charge on any atom is -0.490 e. The molecule has 0 spiro atoms. The number of urea groups is 1. The molecule has 10 heteroatoms. The number of amides is 4. The third-order valence-electron chi connectivity index (χ3n) is 5.72. The number of anilines is 1. The van der Waals surface area contributed by atoms with E-state index in [4.69, 9.17) is 44.3 Å². The lowest BCUT2D eigenvalue weighted by Crippen LogP contribution is -2.54. The number of ether oxygens (including phenoxy) is 2. The Labute approximate surface area is 234 Å². The first-order chi connectivity index (χ1) is 18.2. The summed E-state index contributed by atoms with van der Waals surface area (Å²) in [5.74, 6) is -0.942. The Morgan fingerprint density at radius 3 is 2.37 bits per heavy atom. The SMILES string of the molecule is CCOc1cc(/C=C2/C(=O)NC(=O)N(c3ccccc3CC)C2=O)cc(Cl)c1OCc1ccc(Cl)c(Cl)c1. The number of hydrogen-bond donors (Lipinski definition) is 1. The molecular formula is C28H23Cl3N2O5. The molecule has 0 aromatic heterocycles. The van der Waals surface area contributed by atoms with E-state index in [9.17, 15) is 14.4 Å². The molecule has 3 aromatic rings. The van der Waals surface area contributed by atoms with Crippen molar-refractivity contribution in [3.8, 4) is 11.5 Å². The minimum absolute atomic E-state index is 0.145. The number of benzene rings is 3. The quantitative estimate of drug-likeness (QED) is 0.235. The highest BCUT2D eigenvalue weighted by atomic mass is 35.5. The van der Waals surface area contributed by atoms with Crippen LogP contribution in [-0.4, -0.2) is 24.5 Å². The van der Waals surface area contributed by atoms with Crippen molar-refractivity contribution in [3.63, 3.8) is 0 Å². The fraction of sp³-hybridized carbons (Fsp3) is 0.179. The van der Waals surface area contributed by atoms with E-state index >= 15 is 0 Å². The van der Waals surface area contributed by atoms with Crippen molar-refractivity contribution < 1.29 is 23.9 Å². The number of nitrogens with one attached hydrogen (secondary N) is 1. The zero-order valence-corrected chi connectivity index (χ0v) is 22.8. The number of aryl methyl sites for hydroxylation is 1. The minimum atomic E-state index is -0.808. The lowest BCUT2D eigenvalue weighted by atomic mass is 10.0. The average molecular weight is 574 g/mol. The predicted molar refractivity (Wildman–Crippen MR) is 148 cm³/mol. The van der Waals surface area contributed by atoms with Crippen molar-refractivity contribution in [3.05, 3.63) is 91.9 Å². The summed E-state index contributed by atoms with van der Waals surface area (Å²) in [5, 5.41) is 3.28. The molecule has 7 nitrogen and oxygen atoms in total. The topological polar surface area (TPSA) is 84.9 Å². The van der Waals surface area contributed by atoms with Crippen LogP contribution in [0.15, 0.2) is 60.2 Å². The van der Waals surface area contributed by atoms with E-state index in [1.165, 1.54) is 6.08 Å². The summed E-state index contributed by atoms with van der Waals surface area (Å²) in [6.07, 6.45) is 1.96. The zero-order valence-electron chi connectivity index (χ0n) is 20.5. The second-order valence-corrected chi connectivity index (χ2v) is 9.46. The smallest absolute Gasteiger partial charge is 0.335 e. The molecule has 38 heavy (non-hydrogen) atoms.